The number of hydrogen-bond donors (Lipinski definition) is 0. The number of nitrogens with zero attached hydrogens (tertiary/aromatic N) is 4. The van der Waals surface area contributed by atoms with Gasteiger partial charge in [-0.25, -0.2) is 14.4 Å². The summed E-state index contributed by atoms with van der Waals surface area (Å²) in [4.78, 5) is 12.6. The van der Waals surface area contributed by atoms with Gasteiger partial charge in [0.15, 0.2) is 5.71 Å². The summed E-state index contributed by atoms with van der Waals surface area (Å²) in [6, 6.07) is 18.9. The fraction of sp³-hybridized carbons (Fsp3) is 0. The zero-order valence-corrected chi connectivity index (χ0v) is 14.4. The van der Waals surface area contributed by atoms with Crippen LogP contribution in [0.15, 0.2) is 71.8 Å². The summed E-state index contributed by atoms with van der Waals surface area (Å²) >= 11 is 0. The van der Waals surface area contributed by atoms with Crippen molar-refractivity contribution >= 4 is 16.7 Å². The maximum absolute atomic E-state index is 13.1. The van der Waals surface area contributed by atoms with Crippen LogP contribution in [0.4, 0.5) is 4.39 Å². The summed E-state index contributed by atoms with van der Waals surface area (Å²) < 4.78 is 18.9. The molecular weight excluding hydrogens is 355 g/mol. The Bertz CT molecular complexity index is 1310. The molecule has 28 heavy (non-hydrogen) atoms. The minimum absolute atomic E-state index is 0.317. The molecule has 5 nitrogen and oxygen atoms in total. The zero-order chi connectivity index (χ0) is 19.1. The van der Waals surface area contributed by atoms with Gasteiger partial charge in [-0.05, 0) is 36.4 Å². The Balaban J connectivity index is 1.62. The smallest absolute Gasteiger partial charge is 0.181 e. The Labute approximate surface area is 159 Å². The van der Waals surface area contributed by atoms with E-state index >= 15 is 0 Å². The SMILES string of the molecule is [C-]#[N+]/N=C1\c2ccccc2-c2nc3cc(Oc4ccc(F)cc4)ccc3nc21. The van der Waals surface area contributed by atoms with Crippen molar-refractivity contribution in [1.29, 1.82) is 0 Å². The summed E-state index contributed by atoms with van der Waals surface area (Å²) in [6.45, 7) is 7.11. The molecule has 0 aliphatic heterocycles. The zero-order valence-electron chi connectivity index (χ0n) is 14.4. The fourth-order valence-corrected chi connectivity index (χ4v) is 3.26. The highest BCUT2D eigenvalue weighted by Gasteiger charge is 2.30. The molecule has 0 N–H and O–H groups in total. The molecule has 0 atom stereocenters. The van der Waals surface area contributed by atoms with Gasteiger partial charge in [0.1, 0.15) is 23.0 Å². The van der Waals surface area contributed by atoms with E-state index in [1.165, 1.54) is 12.1 Å². The average molecular weight is 366 g/mol. The fourth-order valence-electron chi connectivity index (χ4n) is 3.26. The molecule has 0 radical (unpaired) electrons. The van der Waals surface area contributed by atoms with Gasteiger partial charge in [0, 0.05) is 17.2 Å². The van der Waals surface area contributed by atoms with E-state index in [0.29, 0.717) is 39.6 Å². The predicted octanol–water partition coefficient (Wildman–Crippen LogP) is 5.21. The number of benzene rings is 3. The molecule has 3 aromatic carbocycles. The predicted molar refractivity (Wildman–Crippen MR) is 104 cm³/mol. The van der Waals surface area contributed by atoms with Crippen LogP contribution >= 0.6 is 0 Å². The van der Waals surface area contributed by atoms with E-state index in [1.54, 1.807) is 30.3 Å². The lowest BCUT2D eigenvalue weighted by Crippen LogP contribution is -2.01. The number of aromatic nitrogens is 2. The van der Waals surface area contributed by atoms with Crippen molar-refractivity contribution in [1.82, 2.24) is 9.97 Å². The quantitative estimate of drug-likeness (QED) is 0.318. The summed E-state index contributed by atoms with van der Waals surface area (Å²) in [5, 5.41) is 3.94. The first-order valence-corrected chi connectivity index (χ1v) is 8.53. The van der Waals surface area contributed by atoms with Gasteiger partial charge in [-0.3, -0.25) is 0 Å². The molecule has 6 heteroatoms. The summed E-state index contributed by atoms with van der Waals surface area (Å²) in [5.74, 6) is 0.796. The number of rotatable bonds is 2. The minimum atomic E-state index is -0.317. The first-order valence-electron chi connectivity index (χ1n) is 8.53. The molecule has 4 aromatic rings. The number of fused-ring (bicyclic) bond motifs is 4. The van der Waals surface area contributed by atoms with Gasteiger partial charge in [0.2, 0.25) is 0 Å². The number of ether oxygens (including phenoxy) is 1. The second-order valence-corrected chi connectivity index (χ2v) is 6.22. The Morgan fingerprint density at radius 3 is 2.32 bits per heavy atom. The van der Waals surface area contributed by atoms with Crippen LogP contribution < -0.4 is 4.74 Å². The largest absolute Gasteiger partial charge is 0.457 e. The van der Waals surface area contributed by atoms with E-state index < -0.39 is 0 Å². The third kappa shape index (κ3) is 2.58. The summed E-state index contributed by atoms with van der Waals surface area (Å²) in [6.07, 6.45) is 0. The van der Waals surface area contributed by atoms with E-state index in [0.717, 1.165) is 11.1 Å². The van der Waals surface area contributed by atoms with E-state index in [1.807, 2.05) is 24.3 Å². The van der Waals surface area contributed by atoms with Crippen LogP contribution in [0.5, 0.6) is 11.5 Å². The highest BCUT2D eigenvalue weighted by molar-refractivity contribution is 6.23. The topological polar surface area (TPSA) is 51.7 Å². The molecule has 1 heterocycles. The van der Waals surface area contributed by atoms with Crippen molar-refractivity contribution in [2.45, 2.75) is 0 Å². The molecule has 132 valence electrons. The van der Waals surface area contributed by atoms with Gasteiger partial charge in [-0.1, -0.05) is 24.3 Å². The standard InChI is InChI=1S/C22H11FN4O/c1-24-27-21-17-5-3-2-4-16(17)20-22(21)25-18-11-10-15(12-19(18)26-20)28-14-8-6-13(23)7-9-14/h2-12H/b27-21+. The van der Waals surface area contributed by atoms with Crippen LogP contribution in [-0.4, -0.2) is 15.7 Å². The molecule has 0 spiro atoms. The summed E-state index contributed by atoms with van der Waals surface area (Å²) in [7, 11) is 0. The Hall–Kier alpha value is -4.11. The monoisotopic (exact) mass is 366 g/mol. The van der Waals surface area contributed by atoms with Gasteiger partial charge >= 0.3 is 0 Å². The molecule has 0 bridgehead atoms. The summed E-state index contributed by atoms with van der Waals surface area (Å²) in [5.41, 5.74) is 4.95. The Morgan fingerprint density at radius 1 is 0.821 bits per heavy atom. The molecule has 1 aromatic heterocycles. The Morgan fingerprint density at radius 2 is 1.54 bits per heavy atom. The van der Waals surface area contributed by atoms with E-state index in [9.17, 15) is 4.39 Å². The van der Waals surface area contributed by atoms with Crippen LogP contribution in [0.25, 0.3) is 27.2 Å². The minimum Gasteiger partial charge on any atom is -0.457 e. The van der Waals surface area contributed by atoms with Crippen LogP contribution in [0, 0.1) is 12.4 Å². The second-order valence-electron chi connectivity index (χ2n) is 6.22. The van der Waals surface area contributed by atoms with Gasteiger partial charge in [-0.15, -0.1) is 4.95 Å². The van der Waals surface area contributed by atoms with Gasteiger partial charge in [-0.2, -0.15) is 6.57 Å². The normalized spacial score (nSPS) is 13.2. The van der Waals surface area contributed by atoms with Crippen LogP contribution in [0.2, 0.25) is 0 Å². The van der Waals surface area contributed by atoms with Crippen LogP contribution in [-0.2, 0) is 0 Å². The highest BCUT2D eigenvalue weighted by Crippen LogP contribution is 2.36. The first-order chi connectivity index (χ1) is 13.7. The molecule has 0 fully saturated rings. The molecule has 0 unspecified atom stereocenters. The van der Waals surface area contributed by atoms with Crippen molar-refractivity contribution < 1.29 is 9.13 Å². The number of hydrogen-bond acceptors (Lipinski definition) is 4. The third-order valence-corrected chi connectivity index (χ3v) is 4.50. The van der Waals surface area contributed by atoms with Gasteiger partial charge < -0.3 is 4.74 Å². The lowest BCUT2D eigenvalue weighted by atomic mass is 10.1. The molecule has 0 saturated heterocycles. The average Bonchev–Trinajstić information content (AvgIpc) is 3.02. The van der Waals surface area contributed by atoms with E-state index in [4.69, 9.17) is 16.3 Å². The van der Waals surface area contributed by atoms with E-state index in [-0.39, 0.29) is 5.82 Å². The van der Waals surface area contributed by atoms with Crippen molar-refractivity contribution in [3.8, 4) is 22.8 Å². The van der Waals surface area contributed by atoms with Crippen molar-refractivity contribution in [3.63, 3.8) is 0 Å². The van der Waals surface area contributed by atoms with Crippen molar-refractivity contribution in [3.05, 3.63) is 95.3 Å². The molecule has 0 saturated carbocycles. The van der Waals surface area contributed by atoms with E-state index in [2.05, 4.69) is 15.0 Å². The Kier molecular flexibility index (Phi) is 3.59. The maximum Gasteiger partial charge on any atom is 0.181 e. The lowest BCUT2D eigenvalue weighted by molar-refractivity contribution is 0.481. The van der Waals surface area contributed by atoms with Crippen molar-refractivity contribution in [2.75, 3.05) is 0 Å². The maximum atomic E-state index is 13.1. The second kappa shape index (κ2) is 6.25. The van der Waals surface area contributed by atoms with Gasteiger partial charge in [0.05, 0.1) is 21.8 Å². The molecule has 1 aliphatic rings. The lowest BCUT2D eigenvalue weighted by Gasteiger charge is -2.07. The van der Waals surface area contributed by atoms with Crippen LogP contribution in [0.1, 0.15) is 11.3 Å². The highest BCUT2D eigenvalue weighted by atomic mass is 19.1. The number of halogens is 1. The first kappa shape index (κ1) is 16.1. The molecule has 1 aliphatic carbocycles. The van der Waals surface area contributed by atoms with Crippen molar-refractivity contribution in [2.24, 2.45) is 5.10 Å². The molecule has 0 amide bonds. The van der Waals surface area contributed by atoms with Crippen LogP contribution in [0.3, 0.4) is 0 Å². The van der Waals surface area contributed by atoms with Gasteiger partial charge in [0.25, 0.3) is 0 Å². The molecule has 5 rings (SSSR count). The molecular formula is C22H11FN4O. The third-order valence-electron chi connectivity index (χ3n) is 4.50.